The molecule has 0 unspecified atom stereocenters. The minimum atomic E-state index is -0.909. The number of nitro groups is 1. The van der Waals surface area contributed by atoms with Crippen LogP contribution in [0.1, 0.15) is 24.1 Å². The van der Waals surface area contributed by atoms with Gasteiger partial charge in [0.15, 0.2) is 0 Å². The fraction of sp³-hybridized carbons (Fsp3) is 0.200. The van der Waals surface area contributed by atoms with Gasteiger partial charge in [-0.1, -0.05) is 29.8 Å². The second-order valence-corrected chi connectivity index (χ2v) is 7.09. The van der Waals surface area contributed by atoms with Crippen molar-refractivity contribution < 1.29 is 19.3 Å². The minimum Gasteiger partial charge on any atom is -0.368 e. The van der Waals surface area contributed by atoms with Crippen molar-refractivity contribution in [3.05, 3.63) is 74.9 Å². The Hall–Kier alpha value is -3.43. The Morgan fingerprint density at radius 3 is 2.70 bits per heavy atom. The Morgan fingerprint density at radius 2 is 2.03 bits per heavy atom. The van der Waals surface area contributed by atoms with Crippen LogP contribution in [0.2, 0.25) is 5.02 Å². The van der Waals surface area contributed by atoms with Gasteiger partial charge >= 0.3 is 5.97 Å². The third kappa shape index (κ3) is 4.94. The van der Waals surface area contributed by atoms with E-state index in [1.807, 2.05) is 6.07 Å². The van der Waals surface area contributed by atoms with Crippen LogP contribution in [-0.4, -0.2) is 28.3 Å². The van der Waals surface area contributed by atoms with E-state index in [0.717, 1.165) is 16.5 Å². The maximum atomic E-state index is 12.5. The lowest BCUT2D eigenvalue weighted by molar-refractivity contribution is -0.384. The van der Waals surface area contributed by atoms with Crippen molar-refractivity contribution in [2.75, 3.05) is 0 Å². The average Bonchev–Trinajstić information content (AvgIpc) is 3.13. The quantitative estimate of drug-likeness (QED) is 0.272. The van der Waals surface area contributed by atoms with Crippen molar-refractivity contribution in [1.29, 1.82) is 0 Å². The van der Waals surface area contributed by atoms with Crippen LogP contribution in [0.15, 0.2) is 48.7 Å². The number of hydrogen-bond donors (Lipinski definition) is 3. The summed E-state index contributed by atoms with van der Waals surface area (Å²) in [6.07, 6.45) is 2.41. The first-order valence-corrected chi connectivity index (χ1v) is 9.42. The Balaban J connectivity index is 1.64. The van der Waals surface area contributed by atoms with Crippen LogP contribution in [0.3, 0.4) is 0 Å². The largest absolute Gasteiger partial charge is 0.368 e. The van der Waals surface area contributed by atoms with Crippen LogP contribution in [-0.2, 0) is 20.8 Å². The van der Waals surface area contributed by atoms with Crippen molar-refractivity contribution in [1.82, 2.24) is 15.8 Å². The molecular weight excluding hydrogens is 412 g/mol. The molecule has 2 aromatic carbocycles. The molecular formula is C20H19ClN4O5. The zero-order chi connectivity index (χ0) is 21.7. The second kappa shape index (κ2) is 9.38. The van der Waals surface area contributed by atoms with E-state index in [1.54, 1.807) is 37.4 Å². The molecule has 0 saturated carbocycles. The highest BCUT2D eigenvalue weighted by molar-refractivity contribution is 6.31. The van der Waals surface area contributed by atoms with Crippen molar-refractivity contribution in [3.63, 3.8) is 0 Å². The van der Waals surface area contributed by atoms with Crippen molar-refractivity contribution >= 4 is 40.6 Å². The van der Waals surface area contributed by atoms with Gasteiger partial charge in [-0.25, -0.2) is 4.79 Å². The number of carbonyl (C=O) groups is 2. The molecule has 30 heavy (non-hydrogen) atoms. The summed E-state index contributed by atoms with van der Waals surface area (Å²) in [4.78, 5) is 42.0. The zero-order valence-corrected chi connectivity index (χ0v) is 16.7. The topological polar surface area (TPSA) is 126 Å². The van der Waals surface area contributed by atoms with E-state index in [2.05, 4.69) is 15.8 Å². The molecule has 9 nitrogen and oxygen atoms in total. The van der Waals surface area contributed by atoms with Gasteiger partial charge in [-0.15, -0.1) is 5.48 Å². The first kappa shape index (κ1) is 21.3. The molecule has 1 aromatic heterocycles. The van der Waals surface area contributed by atoms with E-state index >= 15 is 0 Å². The Kier molecular flexibility index (Phi) is 6.65. The summed E-state index contributed by atoms with van der Waals surface area (Å²) in [6, 6.07) is 9.91. The summed E-state index contributed by atoms with van der Waals surface area (Å²) in [7, 11) is 0. The molecule has 3 aromatic rings. The van der Waals surface area contributed by atoms with E-state index in [-0.39, 0.29) is 12.1 Å². The van der Waals surface area contributed by atoms with Gasteiger partial charge in [0.2, 0.25) is 6.41 Å². The molecule has 2 atom stereocenters. The van der Waals surface area contributed by atoms with Gasteiger partial charge in [0.05, 0.1) is 11.0 Å². The highest BCUT2D eigenvalue weighted by Crippen LogP contribution is 2.23. The van der Waals surface area contributed by atoms with Gasteiger partial charge in [0, 0.05) is 40.7 Å². The molecule has 0 aliphatic carbocycles. The van der Waals surface area contributed by atoms with Gasteiger partial charge in [-0.2, -0.15) is 0 Å². The van der Waals surface area contributed by atoms with Crippen LogP contribution in [0, 0.1) is 10.1 Å². The van der Waals surface area contributed by atoms with Gasteiger partial charge in [-0.05, 0) is 30.2 Å². The summed E-state index contributed by atoms with van der Waals surface area (Å²) in [5, 5.41) is 14.7. The molecule has 3 rings (SSSR count). The SMILES string of the molecule is C[C@@H](NOC(=O)[C@H](Cc1c[nH]c2cc(Cl)ccc12)NC=O)c1ccc([N+](=O)[O-])cc1. The summed E-state index contributed by atoms with van der Waals surface area (Å²) in [5.41, 5.74) is 4.92. The Morgan fingerprint density at radius 1 is 1.30 bits per heavy atom. The number of hydroxylamine groups is 1. The Bertz CT molecular complexity index is 1070. The minimum absolute atomic E-state index is 0.0294. The van der Waals surface area contributed by atoms with Gasteiger partial charge in [0.25, 0.3) is 5.69 Å². The summed E-state index contributed by atoms with van der Waals surface area (Å²) in [6.45, 7) is 1.74. The molecule has 156 valence electrons. The summed E-state index contributed by atoms with van der Waals surface area (Å²) >= 11 is 5.98. The number of nitrogens with one attached hydrogen (secondary N) is 3. The molecule has 1 heterocycles. The molecule has 10 heteroatoms. The first-order valence-electron chi connectivity index (χ1n) is 9.05. The number of halogens is 1. The summed E-state index contributed by atoms with van der Waals surface area (Å²) < 4.78 is 0. The van der Waals surface area contributed by atoms with Crippen molar-refractivity contribution in [2.24, 2.45) is 0 Å². The molecule has 0 spiro atoms. The maximum absolute atomic E-state index is 12.5. The highest BCUT2D eigenvalue weighted by Gasteiger charge is 2.23. The third-order valence-corrected chi connectivity index (χ3v) is 4.88. The van der Waals surface area contributed by atoms with E-state index < -0.39 is 23.0 Å². The fourth-order valence-corrected chi connectivity index (χ4v) is 3.18. The number of H-pyrrole nitrogens is 1. The lowest BCUT2D eigenvalue weighted by Gasteiger charge is -2.18. The zero-order valence-electron chi connectivity index (χ0n) is 15.9. The lowest BCUT2D eigenvalue weighted by atomic mass is 10.1. The molecule has 0 fully saturated rings. The van der Waals surface area contributed by atoms with E-state index in [9.17, 15) is 19.7 Å². The number of aromatic amines is 1. The second-order valence-electron chi connectivity index (χ2n) is 6.65. The number of benzene rings is 2. The number of nitro benzene ring substituents is 1. The Labute approximate surface area is 176 Å². The molecule has 3 N–H and O–H groups in total. The predicted molar refractivity (Wildman–Crippen MR) is 111 cm³/mol. The monoisotopic (exact) mass is 430 g/mol. The normalized spacial score (nSPS) is 12.9. The lowest BCUT2D eigenvalue weighted by Crippen LogP contribution is -2.41. The molecule has 0 saturated heterocycles. The molecule has 0 bridgehead atoms. The smallest absolute Gasteiger partial charge is 0.347 e. The van der Waals surface area contributed by atoms with Crippen LogP contribution in [0.4, 0.5) is 5.69 Å². The predicted octanol–water partition coefficient (Wildman–Crippen LogP) is 3.20. The number of non-ortho nitro benzene ring substituents is 1. The molecule has 0 aliphatic heterocycles. The van der Waals surface area contributed by atoms with Gasteiger partial charge in [0.1, 0.15) is 6.04 Å². The van der Waals surface area contributed by atoms with Gasteiger partial charge < -0.3 is 15.1 Å². The number of carbonyl (C=O) groups excluding carboxylic acids is 2. The van der Waals surface area contributed by atoms with Crippen molar-refractivity contribution in [2.45, 2.75) is 25.4 Å². The molecule has 0 radical (unpaired) electrons. The van der Waals surface area contributed by atoms with E-state index in [1.165, 1.54) is 12.1 Å². The number of nitrogens with zero attached hydrogens (tertiary/aromatic N) is 1. The number of rotatable bonds is 9. The molecule has 0 aliphatic rings. The standard InChI is InChI=1S/C20H19ClN4O5/c1-12(13-2-5-16(6-3-13)25(28)29)24-30-20(27)19(23-11-26)8-14-10-22-18-9-15(21)4-7-17(14)18/h2-7,9-12,19,22,24H,8H2,1H3,(H,23,26)/t12-,19+/m1/s1. The fourth-order valence-electron chi connectivity index (χ4n) is 3.01. The number of hydrogen-bond acceptors (Lipinski definition) is 6. The van der Waals surface area contributed by atoms with E-state index in [4.69, 9.17) is 16.4 Å². The van der Waals surface area contributed by atoms with Crippen LogP contribution in [0.25, 0.3) is 10.9 Å². The maximum Gasteiger partial charge on any atom is 0.347 e. The highest BCUT2D eigenvalue weighted by atomic mass is 35.5. The van der Waals surface area contributed by atoms with E-state index in [0.29, 0.717) is 17.0 Å². The van der Waals surface area contributed by atoms with Crippen LogP contribution < -0.4 is 10.8 Å². The summed E-state index contributed by atoms with van der Waals surface area (Å²) in [5.74, 6) is -0.667. The van der Waals surface area contributed by atoms with Gasteiger partial charge in [-0.3, -0.25) is 14.9 Å². The molecule has 1 amide bonds. The average molecular weight is 431 g/mol. The third-order valence-electron chi connectivity index (χ3n) is 4.65. The van der Waals surface area contributed by atoms with Crippen LogP contribution >= 0.6 is 11.6 Å². The number of amides is 1. The number of fused-ring (bicyclic) bond motifs is 1. The number of aromatic nitrogens is 1. The van der Waals surface area contributed by atoms with Crippen LogP contribution in [0.5, 0.6) is 0 Å². The van der Waals surface area contributed by atoms with Crippen molar-refractivity contribution in [3.8, 4) is 0 Å². The first-order chi connectivity index (χ1) is 14.4.